The lowest BCUT2D eigenvalue weighted by atomic mass is 10.8. The largest absolute Gasteiger partial charge is 0.306 e. The number of rotatable bonds is 2. The Morgan fingerprint density at radius 1 is 1.82 bits per heavy atom. The van der Waals surface area contributed by atoms with Crippen molar-refractivity contribution in [2.75, 3.05) is 5.75 Å². The van der Waals surface area contributed by atoms with Gasteiger partial charge in [0.05, 0.1) is 0 Å². The van der Waals surface area contributed by atoms with Gasteiger partial charge in [-0.2, -0.15) is 9.78 Å². The molecule has 0 amide bonds. The van der Waals surface area contributed by atoms with E-state index in [-0.39, 0.29) is 5.24 Å². The summed E-state index contributed by atoms with van der Waals surface area (Å²) in [5.41, 5.74) is 0. The number of hydrogen-bond donors (Lipinski definition) is 0. The summed E-state index contributed by atoms with van der Waals surface area (Å²) in [7, 11) is 0. The molecule has 0 N–H and O–H groups in total. The number of aromatic nitrogens is 2. The minimum atomic E-state index is -0.0742. The lowest BCUT2D eigenvalue weighted by Gasteiger charge is -1.94. The third-order valence-electron chi connectivity index (χ3n) is 1.02. The number of hydrogen-bond acceptors (Lipinski definition) is 3. The zero-order chi connectivity index (χ0) is 8.10. The molecule has 0 spiro atoms. The Labute approximate surface area is 69.1 Å². The van der Waals surface area contributed by atoms with Crippen molar-refractivity contribution >= 4 is 17.0 Å². The Hall–Kier alpha value is -1.03. The fourth-order valence-electron chi connectivity index (χ4n) is 0.573. The van der Waals surface area contributed by atoms with E-state index in [1.165, 1.54) is 16.4 Å². The Bertz CT molecular complexity index is 243. The molecule has 0 aliphatic heterocycles. The third kappa shape index (κ3) is 2.23. The van der Waals surface area contributed by atoms with Crippen LogP contribution in [0.15, 0.2) is 31.1 Å². The second-order valence-electron chi connectivity index (χ2n) is 1.82. The van der Waals surface area contributed by atoms with E-state index in [9.17, 15) is 4.79 Å². The topological polar surface area (TPSA) is 34.9 Å². The second kappa shape index (κ2) is 3.98. The van der Waals surface area contributed by atoms with Gasteiger partial charge in [-0.15, -0.1) is 6.58 Å². The van der Waals surface area contributed by atoms with Gasteiger partial charge < -0.3 is 0 Å². The quantitative estimate of drug-likeness (QED) is 0.631. The molecule has 0 saturated heterocycles. The summed E-state index contributed by atoms with van der Waals surface area (Å²) < 4.78 is 1.30. The molecular weight excluding hydrogens is 160 g/mol. The highest BCUT2D eigenvalue weighted by Gasteiger charge is 2.01. The molecule has 1 aromatic heterocycles. The van der Waals surface area contributed by atoms with E-state index in [4.69, 9.17) is 0 Å². The zero-order valence-corrected chi connectivity index (χ0v) is 6.75. The van der Waals surface area contributed by atoms with E-state index < -0.39 is 0 Å². The van der Waals surface area contributed by atoms with Crippen molar-refractivity contribution in [1.29, 1.82) is 0 Å². The molecule has 0 aliphatic carbocycles. The van der Waals surface area contributed by atoms with Crippen LogP contribution >= 0.6 is 11.8 Å². The molecule has 0 unspecified atom stereocenters. The van der Waals surface area contributed by atoms with Crippen LogP contribution in [0.3, 0.4) is 0 Å². The molecule has 11 heavy (non-hydrogen) atoms. The highest BCUT2D eigenvalue weighted by Crippen LogP contribution is 2.04. The Balaban J connectivity index is 2.49. The number of carbonyl (C=O) groups is 1. The van der Waals surface area contributed by atoms with Gasteiger partial charge in [-0.05, 0) is 6.07 Å². The average Bonchev–Trinajstić information content (AvgIpc) is 2.52. The summed E-state index contributed by atoms with van der Waals surface area (Å²) >= 11 is 1.18. The molecule has 3 nitrogen and oxygen atoms in total. The predicted molar refractivity (Wildman–Crippen MR) is 45.7 cm³/mol. The lowest BCUT2D eigenvalue weighted by molar-refractivity contribution is 0.259. The van der Waals surface area contributed by atoms with Gasteiger partial charge in [-0.3, -0.25) is 4.79 Å². The first-order valence-corrected chi connectivity index (χ1v) is 4.11. The Kier molecular flexibility index (Phi) is 2.92. The van der Waals surface area contributed by atoms with Gasteiger partial charge in [0.2, 0.25) is 0 Å². The maximum atomic E-state index is 11.1. The van der Waals surface area contributed by atoms with Gasteiger partial charge in [0.25, 0.3) is 0 Å². The molecule has 1 heterocycles. The summed E-state index contributed by atoms with van der Waals surface area (Å²) in [4.78, 5) is 11.1. The van der Waals surface area contributed by atoms with E-state index in [1.54, 1.807) is 24.5 Å². The highest BCUT2D eigenvalue weighted by atomic mass is 32.2. The van der Waals surface area contributed by atoms with Crippen LogP contribution in [-0.4, -0.2) is 20.8 Å². The van der Waals surface area contributed by atoms with Crippen molar-refractivity contribution in [1.82, 2.24) is 9.78 Å². The zero-order valence-electron chi connectivity index (χ0n) is 5.93. The molecule has 0 bridgehead atoms. The van der Waals surface area contributed by atoms with E-state index in [1.807, 2.05) is 0 Å². The predicted octanol–water partition coefficient (Wildman–Crippen LogP) is 1.77. The first-order chi connectivity index (χ1) is 5.34. The molecule has 0 aromatic carbocycles. The normalized spacial score (nSPS) is 9.45. The molecule has 58 valence electrons. The molecular formula is C7H8N2OS. The fourth-order valence-corrected chi connectivity index (χ4v) is 1.07. The van der Waals surface area contributed by atoms with Gasteiger partial charge in [-0.1, -0.05) is 17.8 Å². The van der Waals surface area contributed by atoms with Gasteiger partial charge in [0.1, 0.15) is 0 Å². The average molecular weight is 168 g/mol. The first-order valence-electron chi connectivity index (χ1n) is 3.12. The molecule has 0 saturated carbocycles. The van der Waals surface area contributed by atoms with Crippen LogP contribution in [0.4, 0.5) is 4.79 Å². The van der Waals surface area contributed by atoms with Crippen LogP contribution in [0.25, 0.3) is 0 Å². The minimum absolute atomic E-state index is 0.0742. The highest BCUT2D eigenvalue weighted by molar-refractivity contribution is 8.13. The molecule has 0 fully saturated rings. The first kappa shape index (κ1) is 8.07. The molecule has 0 radical (unpaired) electrons. The van der Waals surface area contributed by atoms with Crippen molar-refractivity contribution < 1.29 is 4.79 Å². The molecule has 4 heteroatoms. The Morgan fingerprint density at radius 3 is 3.18 bits per heavy atom. The van der Waals surface area contributed by atoms with Crippen LogP contribution < -0.4 is 0 Å². The second-order valence-corrected chi connectivity index (χ2v) is 2.79. The Morgan fingerprint density at radius 2 is 2.64 bits per heavy atom. The standard InChI is InChI=1S/C7H8N2OS/c1-2-6-11-7(10)9-5-3-4-8-9/h2-5H,1,6H2. The monoisotopic (exact) mass is 168 g/mol. The van der Waals surface area contributed by atoms with Crippen LogP contribution in [0, 0.1) is 0 Å². The number of thioether (sulfide) groups is 1. The van der Waals surface area contributed by atoms with E-state index in [0.717, 1.165) is 0 Å². The van der Waals surface area contributed by atoms with Crippen LogP contribution in [0.2, 0.25) is 0 Å². The number of nitrogens with zero attached hydrogens (tertiary/aromatic N) is 2. The lowest BCUT2D eigenvalue weighted by Crippen LogP contribution is -2.05. The molecule has 1 aromatic rings. The molecule has 1 rings (SSSR count). The summed E-state index contributed by atoms with van der Waals surface area (Å²) in [6.45, 7) is 3.51. The summed E-state index contributed by atoms with van der Waals surface area (Å²) in [5.74, 6) is 0.624. The maximum Gasteiger partial charge on any atom is 0.306 e. The minimum Gasteiger partial charge on any atom is -0.259 e. The smallest absolute Gasteiger partial charge is 0.259 e. The van der Waals surface area contributed by atoms with Crippen LogP contribution in [-0.2, 0) is 0 Å². The van der Waals surface area contributed by atoms with Crippen molar-refractivity contribution in [3.05, 3.63) is 31.1 Å². The SMILES string of the molecule is C=CCSC(=O)n1cccn1. The van der Waals surface area contributed by atoms with E-state index in [0.29, 0.717) is 5.75 Å². The fraction of sp³-hybridized carbons (Fsp3) is 0.143. The van der Waals surface area contributed by atoms with E-state index >= 15 is 0 Å². The van der Waals surface area contributed by atoms with Crippen LogP contribution in [0.5, 0.6) is 0 Å². The van der Waals surface area contributed by atoms with Gasteiger partial charge in [0.15, 0.2) is 0 Å². The maximum absolute atomic E-state index is 11.1. The van der Waals surface area contributed by atoms with Crippen molar-refractivity contribution in [2.45, 2.75) is 0 Å². The molecule has 0 aliphatic rings. The van der Waals surface area contributed by atoms with Crippen LogP contribution in [0.1, 0.15) is 0 Å². The third-order valence-corrected chi connectivity index (χ3v) is 1.85. The van der Waals surface area contributed by atoms with E-state index in [2.05, 4.69) is 11.7 Å². The number of carbonyl (C=O) groups excluding carboxylic acids is 1. The molecule has 0 atom stereocenters. The summed E-state index contributed by atoms with van der Waals surface area (Å²) in [6.07, 6.45) is 4.89. The summed E-state index contributed by atoms with van der Waals surface area (Å²) in [5, 5.41) is 3.71. The van der Waals surface area contributed by atoms with Crippen molar-refractivity contribution in [3.63, 3.8) is 0 Å². The van der Waals surface area contributed by atoms with Gasteiger partial charge in [-0.25, -0.2) is 0 Å². The van der Waals surface area contributed by atoms with Crippen molar-refractivity contribution in [2.24, 2.45) is 0 Å². The van der Waals surface area contributed by atoms with Crippen molar-refractivity contribution in [3.8, 4) is 0 Å². The van der Waals surface area contributed by atoms with Gasteiger partial charge in [0, 0.05) is 18.1 Å². The van der Waals surface area contributed by atoms with Gasteiger partial charge >= 0.3 is 5.24 Å². The summed E-state index contributed by atoms with van der Waals surface area (Å²) in [6, 6.07) is 1.71.